The first kappa shape index (κ1) is 7.69. The molecule has 0 fully saturated rings. The quantitative estimate of drug-likeness (QED) is 0.653. The highest BCUT2D eigenvalue weighted by atomic mass is 14.9. The third-order valence-electron chi connectivity index (χ3n) is 2.02. The average molecular weight is 170 g/mol. The van der Waals surface area contributed by atoms with E-state index in [1.807, 2.05) is 18.2 Å². The van der Waals surface area contributed by atoms with Crippen molar-refractivity contribution < 1.29 is 0 Å². The van der Waals surface area contributed by atoms with Gasteiger partial charge in [-0.3, -0.25) is 5.32 Å². The van der Waals surface area contributed by atoms with E-state index in [2.05, 4.69) is 11.4 Å². The number of nitriles is 1. The monoisotopic (exact) mass is 170 g/mol. The minimum absolute atomic E-state index is 0.366. The molecule has 0 atom stereocenters. The topological polar surface area (TPSA) is 63.9 Å². The molecule has 0 saturated carbocycles. The van der Waals surface area contributed by atoms with Crippen LogP contribution in [-0.2, 0) is 0 Å². The molecular formula is C10H8N3. The maximum absolute atomic E-state index is 8.57. The van der Waals surface area contributed by atoms with Crippen LogP contribution in [0.15, 0.2) is 24.4 Å². The maximum Gasteiger partial charge on any atom is 0.0726 e. The molecule has 0 unspecified atom stereocenters. The molecule has 63 valence electrons. The lowest BCUT2D eigenvalue weighted by Gasteiger charge is -2.03. The number of hydrogen-bond acceptors (Lipinski definition) is 2. The normalized spacial score (nSPS) is 12.7. The highest BCUT2D eigenvalue weighted by Gasteiger charge is 2.16. The number of nitrogens with zero attached hydrogens (tertiary/aromatic N) is 2. The predicted octanol–water partition coefficient (Wildman–Crippen LogP) is 1.77. The zero-order valence-corrected chi connectivity index (χ0v) is 6.99. The Morgan fingerprint density at radius 2 is 2.31 bits per heavy atom. The van der Waals surface area contributed by atoms with Crippen LogP contribution in [0.1, 0.15) is 12.0 Å². The summed E-state index contributed by atoms with van der Waals surface area (Å²) in [7, 11) is 0. The number of hydrogen-bond donors (Lipinski definition) is 1. The van der Waals surface area contributed by atoms with Crippen LogP contribution in [0.3, 0.4) is 0 Å². The number of rotatable bonds is 1. The smallest absolute Gasteiger partial charge is 0.0726 e. The lowest BCUT2D eigenvalue weighted by Crippen LogP contribution is -1.91. The van der Waals surface area contributed by atoms with Crippen LogP contribution in [0, 0.1) is 11.3 Å². The van der Waals surface area contributed by atoms with Crippen molar-refractivity contribution in [3.8, 4) is 6.07 Å². The highest BCUT2D eigenvalue weighted by molar-refractivity contribution is 5.87. The second kappa shape index (κ2) is 2.83. The van der Waals surface area contributed by atoms with E-state index in [9.17, 15) is 0 Å². The molecule has 1 aromatic carbocycles. The van der Waals surface area contributed by atoms with Gasteiger partial charge in [0.2, 0.25) is 0 Å². The highest BCUT2D eigenvalue weighted by Crippen LogP contribution is 2.35. The van der Waals surface area contributed by atoms with Crippen LogP contribution in [0.5, 0.6) is 0 Å². The SMILES string of the molecule is N#CCC1=C[N]c2cccc(N)c21. The molecule has 0 saturated heterocycles. The molecule has 1 heterocycles. The molecule has 2 N–H and O–H groups in total. The molecule has 1 radical (unpaired) electrons. The van der Waals surface area contributed by atoms with Crippen molar-refractivity contribution in [2.75, 3.05) is 5.73 Å². The summed E-state index contributed by atoms with van der Waals surface area (Å²) in [4.78, 5) is 0. The van der Waals surface area contributed by atoms with Gasteiger partial charge < -0.3 is 5.73 Å². The number of benzene rings is 1. The van der Waals surface area contributed by atoms with Crippen molar-refractivity contribution in [3.05, 3.63) is 30.0 Å². The Morgan fingerprint density at radius 3 is 3.08 bits per heavy atom. The molecule has 0 bridgehead atoms. The zero-order chi connectivity index (χ0) is 9.26. The van der Waals surface area contributed by atoms with Crippen LogP contribution < -0.4 is 11.1 Å². The van der Waals surface area contributed by atoms with Gasteiger partial charge in [-0.05, 0) is 17.7 Å². The molecule has 0 spiro atoms. The first-order chi connectivity index (χ1) is 6.33. The molecule has 0 aromatic heterocycles. The van der Waals surface area contributed by atoms with Crippen LogP contribution >= 0.6 is 0 Å². The standard InChI is InChI=1S/C10H8N3/c11-5-4-7-6-13-9-3-1-2-8(12)10(7)9/h1-3,6H,4,12H2. The summed E-state index contributed by atoms with van der Waals surface area (Å²) in [6, 6.07) is 7.68. The summed E-state index contributed by atoms with van der Waals surface area (Å²) in [5.41, 5.74) is 9.18. The van der Waals surface area contributed by atoms with Crippen molar-refractivity contribution >= 4 is 16.9 Å². The third kappa shape index (κ3) is 1.13. The Hall–Kier alpha value is -1.95. The van der Waals surface area contributed by atoms with Crippen LogP contribution in [0.25, 0.3) is 5.57 Å². The Kier molecular flexibility index (Phi) is 1.67. The zero-order valence-electron chi connectivity index (χ0n) is 6.99. The van der Waals surface area contributed by atoms with Gasteiger partial charge in [0.15, 0.2) is 0 Å². The van der Waals surface area contributed by atoms with E-state index < -0.39 is 0 Å². The molecule has 3 heteroatoms. The van der Waals surface area contributed by atoms with Gasteiger partial charge in [0, 0.05) is 17.5 Å². The third-order valence-corrected chi connectivity index (χ3v) is 2.02. The Labute approximate surface area is 76.5 Å². The van der Waals surface area contributed by atoms with Crippen molar-refractivity contribution in [3.63, 3.8) is 0 Å². The van der Waals surface area contributed by atoms with Gasteiger partial charge in [-0.25, -0.2) is 0 Å². The number of nitrogen functional groups attached to an aromatic ring is 1. The first-order valence-corrected chi connectivity index (χ1v) is 3.98. The van der Waals surface area contributed by atoms with E-state index in [1.54, 1.807) is 6.20 Å². The van der Waals surface area contributed by atoms with Crippen molar-refractivity contribution in [2.24, 2.45) is 0 Å². The Balaban J connectivity index is 2.49. The lowest BCUT2D eigenvalue weighted by atomic mass is 10.0. The van der Waals surface area contributed by atoms with Gasteiger partial charge in [0.25, 0.3) is 0 Å². The average Bonchev–Trinajstić information content (AvgIpc) is 2.51. The molecule has 3 nitrogen and oxygen atoms in total. The van der Waals surface area contributed by atoms with Gasteiger partial charge in [-0.15, -0.1) is 0 Å². The van der Waals surface area contributed by atoms with Crippen LogP contribution in [-0.4, -0.2) is 0 Å². The number of allylic oxidation sites excluding steroid dienone is 1. The van der Waals surface area contributed by atoms with Gasteiger partial charge in [-0.1, -0.05) is 6.07 Å². The summed E-state index contributed by atoms with van der Waals surface area (Å²) in [5, 5.41) is 12.7. The van der Waals surface area contributed by atoms with E-state index >= 15 is 0 Å². The summed E-state index contributed by atoms with van der Waals surface area (Å²) in [6.45, 7) is 0. The minimum Gasteiger partial charge on any atom is -0.398 e. The summed E-state index contributed by atoms with van der Waals surface area (Å²) in [5.74, 6) is 0. The molecule has 13 heavy (non-hydrogen) atoms. The fourth-order valence-electron chi connectivity index (χ4n) is 1.45. The Bertz CT molecular complexity index is 413. The van der Waals surface area contributed by atoms with Gasteiger partial charge >= 0.3 is 0 Å². The number of nitrogens with two attached hydrogens (primary N) is 1. The fraction of sp³-hybridized carbons (Fsp3) is 0.100. The van der Waals surface area contributed by atoms with Gasteiger partial charge in [0.1, 0.15) is 0 Å². The lowest BCUT2D eigenvalue weighted by molar-refractivity contribution is 1.21. The fourth-order valence-corrected chi connectivity index (χ4v) is 1.45. The van der Waals surface area contributed by atoms with Crippen LogP contribution in [0.2, 0.25) is 0 Å². The second-order valence-electron chi connectivity index (χ2n) is 2.86. The second-order valence-corrected chi connectivity index (χ2v) is 2.86. The number of anilines is 1. The molecule has 1 aromatic rings. The van der Waals surface area contributed by atoms with Crippen molar-refractivity contribution in [1.29, 1.82) is 5.26 Å². The van der Waals surface area contributed by atoms with E-state index in [4.69, 9.17) is 11.0 Å². The van der Waals surface area contributed by atoms with E-state index in [1.165, 1.54) is 0 Å². The molecule has 1 aliphatic heterocycles. The van der Waals surface area contributed by atoms with E-state index in [0.29, 0.717) is 12.1 Å². The molecule has 2 rings (SSSR count). The molecule has 0 aliphatic carbocycles. The summed E-state index contributed by atoms with van der Waals surface area (Å²) >= 11 is 0. The molecule has 0 amide bonds. The van der Waals surface area contributed by atoms with Gasteiger partial charge in [-0.2, -0.15) is 5.26 Å². The van der Waals surface area contributed by atoms with Crippen molar-refractivity contribution in [1.82, 2.24) is 5.32 Å². The maximum atomic E-state index is 8.57. The number of fused-ring (bicyclic) bond motifs is 1. The first-order valence-electron chi connectivity index (χ1n) is 3.98. The van der Waals surface area contributed by atoms with E-state index in [-0.39, 0.29) is 0 Å². The van der Waals surface area contributed by atoms with Crippen molar-refractivity contribution in [2.45, 2.75) is 6.42 Å². The molecule has 1 aliphatic rings. The Morgan fingerprint density at radius 1 is 1.46 bits per heavy atom. The van der Waals surface area contributed by atoms with Gasteiger partial charge in [0.05, 0.1) is 18.2 Å². The minimum atomic E-state index is 0.366. The summed E-state index contributed by atoms with van der Waals surface area (Å²) < 4.78 is 0. The molecular weight excluding hydrogens is 162 g/mol. The summed E-state index contributed by atoms with van der Waals surface area (Å²) in [6.07, 6.45) is 2.08. The largest absolute Gasteiger partial charge is 0.398 e. The van der Waals surface area contributed by atoms with E-state index in [0.717, 1.165) is 16.8 Å². The predicted molar refractivity (Wildman–Crippen MR) is 50.9 cm³/mol. The van der Waals surface area contributed by atoms with Crippen LogP contribution in [0.4, 0.5) is 11.4 Å².